The minimum Gasteiger partial charge on any atom is -0.383 e. The lowest BCUT2D eigenvalue weighted by Gasteiger charge is -2.38. The zero-order chi connectivity index (χ0) is 18.8. The number of nitrogen functional groups attached to an aromatic ring is 1. The van der Waals surface area contributed by atoms with E-state index in [1.165, 1.54) is 25.8 Å². The number of piperazine rings is 1. The van der Waals surface area contributed by atoms with Crippen molar-refractivity contribution in [2.75, 3.05) is 38.5 Å². The Labute approximate surface area is 161 Å². The number of aromatic nitrogens is 1. The zero-order valence-electron chi connectivity index (χ0n) is 16.0. The van der Waals surface area contributed by atoms with Crippen molar-refractivity contribution < 1.29 is 4.79 Å². The fourth-order valence-corrected chi connectivity index (χ4v) is 3.97. The van der Waals surface area contributed by atoms with Crippen LogP contribution < -0.4 is 5.73 Å². The lowest BCUT2D eigenvalue weighted by molar-refractivity contribution is 0.0591. The first-order chi connectivity index (χ1) is 13.1. The van der Waals surface area contributed by atoms with Crippen LogP contribution in [0.25, 0.3) is 11.1 Å². The Morgan fingerprint density at radius 2 is 1.78 bits per heavy atom. The van der Waals surface area contributed by atoms with Crippen LogP contribution in [0.2, 0.25) is 0 Å². The molecule has 1 saturated heterocycles. The number of rotatable bonds is 4. The smallest absolute Gasteiger partial charge is 0.253 e. The molecule has 0 atom stereocenters. The van der Waals surface area contributed by atoms with Gasteiger partial charge in [0.15, 0.2) is 0 Å². The van der Waals surface area contributed by atoms with Crippen LogP contribution in [0.3, 0.4) is 0 Å². The number of pyridine rings is 1. The molecule has 2 aromatic rings. The van der Waals surface area contributed by atoms with E-state index in [-0.39, 0.29) is 5.91 Å². The third-order valence-electron chi connectivity index (χ3n) is 5.91. The van der Waals surface area contributed by atoms with Gasteiger partial charge in [0.1, 0.15) is 5.82 Å². The highest BCUT2D eigenvalue weighted by atomic mass is 16.2. The Morgan fingerprint density at radius 3 is 2.37 bits per heavy atom. The number of anilines is 1. The molecule has 5 heteroatoms. The van der Waals surface area contributed by atoms with Gasteiger partial charge >= 0.3 is 0 Å². The average molecular weight is 364 g/mol. The van der Waals surface area contributed by atoms with Gasteiger partial charge in [-0.25, -0.2) is 4.98 Å². The molecule has 0 unspecified atom stereocenters. The Hall–Kier alpha value is -2.40. The van der Waals surface area contributed by atoms with Crippen LogP contribution >= 0.6 is 0 Å². The third-order valence-corrected chi connectivity index (χ3v) is 5.91. The van der Waals surface area contributed by atoms with Crippen molar-refractivity contribution in [3.8, 4) is 11.1 Å². The topological polar surface area (TPSA) is 62.5 Å². The quantitative estimate of drug-likeness (QED) is 0.905. The van der Waals surface area contributed by atoms with Crippen molar-refractivity contribution in [1.29, 1.82) is 0 Å². The van der Waals surface area contributed by atoms with Gasteiger partial charge in [0.05, 0.1) is 0 Å². The second-order valence-electron chi connectivity index (χ2n) is 7.85. The van der Waals surface area contributed by atoms with Crippen molar-refractivity contribution >= 4 is 11.7 Å². The number of benzene rings is 1. The number of carbonyl (C=O) groups excluding carboxylic acids is 1. The maximum Gasteiger partial charge on any atom is 0.253 e. The molecule has 2 fully saturated rings. The molecule has 1 aliphatic carbocycles. The molecule has 0 spiro atoms. The van der Waals surface area contributed by atoms with Gasteiger partial charge < -0.3 is 10.6 Å². The lowest BCUT2D eigenvalue weighted by Crippen LogP contribution is -2.50. The summed E-state index contributed by atoms with van der Waals surface area (Å²) in [6.07, 6.45) is 4.16. The first-order valence-corrected chi connectivity index (χ1v) is 9.95. The molecule has 2 N–H and O–H groups in total. The van der Waals surface area contributed by atoms with Gasteiger partial charge in [-0.1, -0.05) is 18.6 Å². The van der Waals surface area contributed by atoms with E-state index in [2.05, 4.69) is 9.88 Å². The summed E-state index contributed by atoms with van der Waals surface area (Å²) in [7, 11) is 0. The van der Waals surface area contributed by atoms with E-state index < -0.39 is 0 Å². The molecule has 1 amide bonds. The van der Waals surface area contributed by atoms with Crippen molar-refractivity contribution in [1.82, 2.24) is 14.8 Å². The molecule has 27 heavy (non-hydrogen) atoms. The number of nitrogens with zero attached hydrogens (tertiary/aromatic N) is 3. The number of carbonyl (C=O) groups is 1. The molecular weight excluding hydrogens is 336 g/mol. The predicted octanol–water partition coefficient (Wildman–Crippen LogP) is 3.20. The number of hydrogen-bond donors (Lipinski definition) is 1. The van der Waals surface area contributed by atoms with Gasteiger partial charge in [0, 0.05) is 49.5 Å². The van der Waals surface area contributed by atoms with Crippen molar-refractivity contribution in [2.24, 2.45) is 5.92 Å². The van der Waals surface area contributed by atoms with Crippen LogP contribution in [0.1, 0.15) is 35.3 Å². The molecule has 2 heterocycles. The summed E-state index contributed by atoms with van der Waals surface area (Å²) in [4.78, 5) is 21.6. The Morgan fingerprint density at radius 1 is 1.07 bits per heavy atom. The molecule has 0 bridgehead atoms. The van der Waals surface area contributed by atoms with Gasteiger partial charge in [-0.05, 0) is 55.5 Å². The van der Waals surface area contributed by atoms with Gasteiger partial charge in [-0.15, -0.1) is 0 Å². The summed E-state index contributed by atoms with van der Waals surface area (Å²) in [5, 5.41) is 0. The zero-order valence-corrected chi connectivity index (χ0v) is 16.0. The molecule has 4 rings (SSSR count). The van der Waals surface area contributed by atoms with E-state index in [0.717, 1.165) is 54.5 Å². The fourth-order valence-electron chi connectivity index (χ4n) is 3.97. The summed E-state index contributed by atoms with van der Waals surface area (Å²) < 4.78 is 0. The molecule has 2 aliphatic rings. The minimum absolute atomic E-state index is 0.125. The third kappa shape index (κ3) is 3.98. The molecule has 0 radical (unpaired) electrons. The highest BCUT2D eigenvalue weighted by Crippen LogP contribution is 2.28. The highest BCUT2D eigenvalue weighted by Gasteiger charge is 2.26. The van der Waals surface area contributed by atoms with Crippen LogP contribution in [-0.4, -0.2) is 53.4 Å². The average Bonchev–Trinajstić information content (AvgIpc) is 2.65. The molecule has 142 valence electrons. The van der Waals surface area contributed by atoms with Gasteiger partial charge in [0.25, 0.3) is 5.91 Å². The molecule has 1 saturated carbocycles. The number of aryl methyl sites for hydroxylation is 1. The van der Waals surface area contributed by atoms with Crippen LogP contribution in [0.4, 0.5) is 5.82 Å². The van der Waals surface area contributed by atoms with E-state index in [9.17, 15) is 4.79 Å². The maximum atomic E-state index is 12.8. The van der Waals surface area contributed by atoms with Crippen molar-refractivity contribution in [3.05, 3.63) is 47.7 Å². The van der Waals surface area contributed by atoms with Gasteiger partial charge in [-0.3, -0.25) is 9.69 Å². The van der Waals surface area contributed by atoms with Crippen LogP contribution in [-0.2, 0) is 0 Å². The monoisotopic (exact) mass is 364 g/mol. The van der Waals surface area contributed by atoms with E-state index in [4.69, 9.17) is 5.73 Å². The van der Waals surface area contributed by atoms with Gasteiger partial charge in [-0.2, -0.15) is 0 Å². The predicted molar refractivity (Wildman–Crippen MR) is 109 cm³/mol. The minimum atomic E-state index is 0.125. The molecule has 1 aliphatic heterocycles. The maximum absolute atomic E-state index is 12.8. The summed E-state index contributed by atoms with van der Waals surface area (Å²) in [5.41, 5.74) is 9.58. The lowest BCUT2D eigenvalue weighted by atomic mass is 9.85. The second-order valence-corrected chi connectivity index (χ2v) is 7.85. The highest BCUT2D eigenvalue weighted by molar-refractivity contribution is 5.95. The molecular formula is C22H28N4O. The summed E-state index contributed by atoms with van der Waals surface area (Å²) in [6, 6.07) is 11.7. The van der Waals surface area contributed by atoms with E-state index in [1.807, 2.05) is 48.2 Å². The standard InChI is InChI=1S/C22H28N4O/c1-16-5-10-20(21(23)24-16)18-6-8-19(9-7-18)22(27)26-13-11-25(12-14-26)15-17-3-2-4-17/h5-10,17H,2-4,11-15H2,1H3,(H2,23,24). The van der Waals surface area contributed by atoms with Crippen LogP contribution in [0.15, 0.2) is 36.4 Å². The Bertz CT molecular complexity index is 806. The SMILES string of the molecule is Cc1ccc(-c2ccc(C(=O)N3CCN(CC4CCC4)CC3)cc2)c(N)n1. The van der Waals surface area contributed by atoms with E-state index >= 15 is 0 Å². The summed E-state index contributed by atoms with van der Waals surface area (Å²) in [6.45, 7) is 6.76. The number of nitrogens with two attached hydrogens (primary N) is 1. The second kappa shape index (κ2) is 7.69. The number of hydrogen-bond acceptors (Lipinski definition) is 4. The van der Waals surface area contributed by atoms with Gasteiger partial charge in [0.2, 0.25) is 0 Å². The largest absolute Gasteiger partial charge is 0.383 e. The van der Waals surface area contributed by atoms with Crippen molar-refractivity contribution in [3.63, 3.8) is 0 Å². The summed E-state index contributed by atoms with van der Waals surface area (Å²) >= 11 is 0. The van der Waals surface area contributed by atoms with Crippen LogP contribution in [0, 0.1) is 12.8 Å². The van der Waals surface area contributed by atoms with E-state index in [1.54, 1.807) is 0 Å². The molecule has 5 nitrogen and oxygen atoms in total. The summed E-state index contributed by atoms with van der Waals surface area (Å²) in [5.74, 6) is 1.54. The Kier molecular flexibility index (Phi) is 5.12. The first kappa shape index (κ1) is 18.0. The van der Waals surface area contributed by atoms with Crippen LogP contribution in [0.5, 0.6) is 0 Å². The fraction of sp³-hybridized carbons (Fsp3) is 0.455. The molecule has 1 aromatic carbocycles. The van der Waals surface area contributed by atoms with E-state index in [0.29, 0.717) is 5.82 Å². The Balaban J connectivity index is 1.38. The first-order valence-electron chi connectivity index (χ1n) is 9.95. The molecule has 1 aromatic heterocycles. The normalized spacial score (nSPS) is 18.3. The number of amides is 1. The van der Waals surface area contributed by atoms with Crippen molar-refractivity contribution in [2.45, 2.75) is 26.2 Å².